The summed E-state index contributed by atoms with van der Waals surface area (Å²) < 4.78 is 2.06. The van der Waals surface area contributed by atoms with Gasteiger partial charge in [-0.25, -0.2) is 4.98 Å². The van der Waals surface area contributed by atoms with Gasteiger partial charge >= 0.3 is 0 Å². The van der Waals surface area contributed by atoms with E-state index in [1.807, 2.05) is 24.7 Å². The third-order valence-electron chi connectivity index (χ3n) is 4.15. The minimum atomic E-state index is 0.280. The molecule has 1 unspecified atom stereocenters. The van der Waals surface area contributed by atoms with Crippen LogP contribution in [0.1, 0.15) is 45.7 Å². The maximum atomic E-state index is 4.69. The van der Waals surface area contributed by atoms with E-state index in [0.29, 0.717) is 18.5 Å². The molecule has 3 heterocycles. The summed E-state index contributed by atoms with van der Waals surface area (Å²) in [5.41, 5.74) is 2.71. The van der Waals surface area contributed by atoms with Crippen LogP contribution in [0.2, 0.25) is 0 Å². The highest BCUT2D eigenvalue weighted by Crippen LogP contribution is 2.24. The van der Waals surface area contributed by atoms with Gasteiger partial charge in [-0.15, -0.1) is 0 Å². The summed E-state index contributed by atoms with van der Waals surface area (Å²) in [5, 5.41) is 6.74. The van der Waals surface area contributed by atoms with Crippen LogP contribution in [0.15, 0.2) is 30.9 Å². The molecule has 2 N–H and O–H groups in total. The van der Waals surface area contributed by atoms with Gasteiger partial charge in [0.15, 0.2) is 17.0 Å². The van der Waals surface area contributed by atoms with E-state index in [1.54, 1.807) is 6.20 Å². The van der Waals surface area contributed by atoms with Gasteiger partial charge < -0.3 is 15.2 Å². The molecule has 0 bridgehead atoms. The Morgan fingerprint density at radius 1 is 1.20 bits per heavy atom. The maximum Gasteiger partial charge on any atom is 0.226 e. The van der Waals surface area contributed by atoms with Crippen LogP contribution in [0.3, 0.4) is 0 Å². The molecule has 0 saturated heterocycles. The number of nitrogens with zero attached hydrogens (tertiary/aromatic N) is 5. The molecule has 25 heavy (non-hydrogen) atoms. The van der Waals surface area contributed by atoms with E-state index >= 15 is 0 Å². The van der Waals surface area contributed by atoms with Crippen LogP contribution in [0.25, 0.3) is 11.2 Å². The zero-order valence-corrected chi connectivity index (χ0v) is 15.2. The first-order valence-corrected chi connectivity index (χ1v) is 8.72. The van der Waals surface area contributed by atoms with Crippen molar-refractivity contribution in [2.24, 2.45) is 0 Å². The Morgan fingerprint density at radius 2 is 2.04 bits per heavy atom. The topological polar surface area (TPSA) is 80.5 Å². The minimum absolute atomic E-state index is 0.280. The van der Waals surface area contributed by atoms with Gasteiger partial charge in [-0.3, -0.25) is 4.98 Å². The molecule has 0 spiro atoms. The number of fused-ring (bicyclic) bond motifs is 1. The summed E-state index contributed by atoms with van der Waals surface area (Å²) in [6.07, 6.45) is 6.44. The second-order valence-corrected chi connectivity index (χ2v) is 6.48. The Bertz CT molecular complexity index is 826. The van der Waals surface area contributed by atoms with Gasteiger partial charge in [0.05, 0.1) is 6.33 Å². The van der Waals surface area contributed by atoms with Crippen LogP contribution in [0, 0.1) is 0 Å². The van der Waals surface area contributed by atoms with Gasteiger partial charge in [-0.2, -0.15) is 9.97 Å². The molecule has 7 nitrogen and oxygen atoms in total. The van der Waals surface area contributed by atoms with Crippen LogP contribution < -0.4 is 10.6 Å². The van der Waals surface area contributed by atoms with E-state index in [0.717, 1.165) is 29.0 Å². The molecule has 7 heteroatoms. The third-order valence-corrected chi connectivity index (χ3v) is 4.15. The highest BCUT2D eigenvalue weighted by Gasteiger charge is 2.15. The van der Waals surface area contributed by atoms with Crippen molar-refractivity contribution in [3.8, 4) is 0 Å². The van der Waals surface area contributed by atoms with Crippen LogP contribution >= 0.6 is 0 Å². The summed E-state index contributed by atoms with van der Waals surface area (Å²) in [6, 6.07) is 4.54. The number of imidazole rings is 1. The van der Waals surface area contributed by atoms with Crippen molar-refractivity contribution in [2.75, 3.05) is 10.6 Å². The smallest absolute Gasteiger partial charge is 0.226 e. The molecule has 0 amide bonds. The predicted octanol–water partition coefficient (Wildman–Crippen LogP) is 3.62. The van der Waals surface area contributed by atoms with Crippen molar-refractivity contribution in [3.63, 3.8) is 0 Å². The lowest BCUT2D eigenvalue weighted by Crippen LogP contribution is -2.17. The number of hydrogen-bond acceptors (Lipinski definition) is 6. The second kappa shape index (κ2) is 7.46. The van der Waals surface area contributed by atoms with Crippen LogP contribution in [-0.4, -0.2) is 30.5 Å². The molecule has 0 aliphatic heterocycles. The zero-order valence-electron chi connectivity index (χ0n) is 15.2. The van der Waals surface area contributed by atoms with Crippen molar-refractivity contribution < 1.29 is 0 Å². The lowest BCUT2D eigenvalue weighted by Gasteiger charge is -2.14. The van der Waals surface area contributed by atoms with Gasteiger partial charge in [0, 0.05) is 31.0 Å². The Kier molecular flexibility index (Phi) is 5.11. The molecule has 3 aromatic heterocycles. The first kappa shape index (κ1) is 17.1. The van der Waals surface area contributed by atoms with Crippen molar-refractivity contribution in [2.45, 2.75) is 52.7 Å². The van der Waals surface area contributed by atoms with E-state index in [4.69, 9.17) is 0 Å². The van der Waals surface area contributed by atoms with Crippen molar-refractivity contribution in [1.29, 1.82) is 0 Å². The fourth-order valence-corrected chi connectivity index (χ4v) is 2.49. The fraction of sp³-hybridized carbons (Fsp3) is 0.444. The molecule has 0 saturated carbocycles. The Hall–Kier alpha value is -2.70. The van der Waals surface area contributed by atoms with Gasteiger partial charge in [0.1, 0.15) is 0 Å². The van der Waals surface area contributed by atoms with Crippen LogP contribution in [0.4, 0.5) is 11.8 Å². The molecular weight excluding hydrogens is 314 g/mol. The van der Waals surface area contributed by atoms with E-state index in [1.165, 1.54) is 0 Å². The van der Waals surface area contributed by atoms with E-state index in [9.17, 15) is 0 Å². The average Bonchev–Trinajstić information content (AvgIpc) is 3.04. The average molecular weight is 339 g/mol. The second-order valence-electron chi connectivity index (χ2n) is 6.48. The predicted molar refractivity (Wildman–Crippen MR) is 101 cm³/mol. The number of rotatable bonds is 7. The molecule has 3 aromatic rings. The third kappa shape index (κ3) is 3.87. The molecule has 1 atom stereocenters. The summed E-state index contributed by atoms with van der Waals surface area (Å²) in [4.78, 5) is 18.0. The standard InChI is InChI=1S/C18H25N7/c1-5-13(4)22-18-23-16(20-10-14-7-6-8-19-9-14)15-17(24-18)25(11-21-15)12(2)3/h6-9,11-13H,5,10H2,1-4H3,(H2,20,22,23,24). The van der Waals surface area contributed by atoms with Gasteiger partial charge in [0.25, 0.3) is 0 Å². The molecule has 0 radical (unpaired) electrons. The van der Waals surface area contributed by atoms with Gasteiger partial charge in [-0.05, 0) is 38.8 Å². The fourth-order valence-electron chi connectivity index (χ4n) is 2.49. The molecule has 3 rings (SSSR count). The van der Waals surface area contributed by atoms with E-state index < -0.39 is 0 Å². The normalized spacial score (nSPS) is 12.5. The summed E-state index contributed by atoms with van der Waals surface area (Å²) in [7, 11) is 0. The van der Waals surface area contributed by atoms with Crippen LogP contribution in [-0.2, 0) is 6.54 Å². The van der Waals surface area contributed by atoms with E-state index in [-0.39, 0.29) is 6.04 Å². The summed E-state index contributed by atoms with van der Waals surface area (Å²) in [6.45, 7) is 9.13. The number of pyridine rings is 1. The number of nitrogens with one attached hydrogen (secondary N) is 2. The Morgan fingerprint density at radius 3 is 2.72 bits per heavy atom. The van der Waals surface area contributed by atoms with Gasteiger partial charge in [0.2, 0.25) is 5.95 Å². The van der Waals surface area contributed by atoms with Crippen molar-refractivity contribution in [1.82, 2.24) is 24.5 Å². The molecular formula is C18H25N7. The Labute approximate surface area is 147 Å². The SMILES string of the molecule is CCC(C)Nc1nc(NCc2cccnc2)c2ncn(C(C)C)c2n1. The highest BCUT2D eigenvalue weighted by atomic mass is 15.2. The maximum absolute atomic E-state index is 4.69. The summed E-state index contributed by atoms with van der Waals surface area (Å²) in [5.74, 6) is 1.36. The summed E-state index contributed by atoms with van der Waals surface area (Å²) >= 11 is 0. The minimum Gasteiger partial charge on any atom is -0.364 e. The lowest BCUT2D eigenvalue weighted by atomic mass is 10.3. The quantitative estimate of drug-likeness (QED) is 0.684. The Balaban J connectivity index is 1.96. The van der Waals surface area contributed by atoms with Crippen molar-refractivity contribution in [3.05, 3.63) is 36.4 Å². The number of hydrogen-bond donors (Lipinski definition) is 2. The van der Waals surface area contributed by atoms with Crippen molar-refractivity contribution >= 4 is 22.9 Å². The molecule has 132 valence electrons. The molecule has 0 aromatic carbocycles. The largest absolute Gasteiger partial charge is 0.364 e. The highest BCUT2D eigenvalue weighted by molar-refractivity contribution is 5.84. The first-order valence-electron chi connectivity index (χ1n) is 8.72. The van der Waals surface area contributed by atoms with Gasteiger partial charge in [-0.1, -0.05) is 13.0 Å². The van der Waals surface area contributed by atoms with Crippen LogP contribution in [0.5, 0.6) is 0 Å². The zero-order chi connectivity index (χ0) is 17.8. The molecule has 0 aliphatic rings. The lowest BCUT2D eigenvalue weighted by molar-refractivity contribution is 0.612. The molecule has 0 fully saturated rings. The monoisotopic (exact) mass is 339 g/mol. The molecule has 0 aliphatic carbocycles. The first-order chi connectivity index (χ1) is 12.1. The van der Waals surface area contributed by atoms with E-state index in [2.05, 4.69) is 62.8 Å². The number of anilines is 2. The number of aromatic nitrogens is 5.